The molecule has 37 heavy (non-hydrogen) atoms. The Morgan fingerprint density at radius 2 is 1.86 bits per heavy atom. The summed E-state index contributed by atoms with van der Waals surface area (Å²) in [4.78, 5) is 17.6. The first kappa shape index (κ1) is 24.8. The van der Waals surface area contributed by atoms with Crippen molar-refractivity contribution >= 4 is 16.6 Å². The van der Waals surface area contributed by atoms with Gasteiger partial charge in [0.05, 0.1) is 16.5 Å². The van der Waals surface area contributed by atoms with Crippen LogP contribution >= 0.6 is 0 Å². The van der Waals surface area contributed by atoms with E-state index < -0.39 is 16.8 Å². The normalized spacial score (nSPS) is 15.0. The zero-order valence-corrected chi connectivity index (χ0v) is 20.1. The molecule has 0 spiro atoms. The minimum absolute atomic E-state index is 0.0227. The van der Waals surface area contributed by atoms with Crippen LogP contribution in [0.3, 0.4) is 0 Å². The predicted molar refractivity (Wildman–Crippen MR) is 138 cm³/mol. The first-order valence-electron chi connectivity index (χ1n) is 12.2. The second-order valence-corrected chi connectivity index (χ2v) is 9.10. The topological polar surface area (TPSA) is 101 Å². The summed E-state index contributed by atoms with van der Waals surface area (Å²) in [5.74, 6) is 0.143. The van der Waals surface area contributed by atoms with E-state index in [1.807, 2.05) is 36.4 Å². The van der Waals surface area contributed by atoms with Gasteiger partial charge in [-0.1, -0.05) is 30.3 Å². The van der Waals surface area contributed by atoms with Crippen LogP contribution in [0.5, 0.6) is 11.6 Å². The number of halogens is 1. The van der Waals surface area contributed by atoms with Gasteiger partial charge in [0.25, 0.3) is 5.69 Å². The van der Waals surface area contributed by atoms with E-state index in [0.717, 1.165) is 31.7 Å². The highest BCUT2D eigenvalue weighted by molar-refractivity contribution is 5.82. The third-order valence-corrected chi connectivity index (χ3v) is 6.46. The van der Waals surface area contributed by atoms with E-state index >= 15 is 0 Å². The number of benzene rings is 3. The molecule has 3 aromatic carbocycles. The highest BCUT2D eigenvalue weighted by Crippen LogP contribution is 2.34. The molecule has 0 amide bonds. The number of fused-ring (bicyclic) bond motifs is 1. The molecule has 1 atom stereocenters. The van der Waals surface area contributed by atoms with E-state index in [4.69, 9.17) is 4.74 Å². The average Bonchev–Trinajstić information content (AvgIpc) is 2.90. The number of rotatable bonds is 8. The number of aliphatic hydroxyl groups is 1. The minimum Gasteiger partial charge on any atom is -0.438 e. The third-order valence-electron chi connectivity index (χ3n) is 6.46. The molecule has 4 aromatic rings. The summed E-state index contributed by atoms with van der Waals surface area (Å²) in [7, 11) is 0. The number of non-ortho nitro benzene ring substituents is 1. The number of nitrogens with one attached hydrogen (secondary N) is 1. The van der Waals surface area contributed by atoms with Crippen LogP contribution in [0.2, 0.25) is 0 Å². The number of piperazine rings is 1. The van der Waals surface area contributed by atoms with Gasteiger partial charge in [-0.05, 0) is 35.9 Å². The van der Waals surface area contributed by atoms with Crippen molar-refractivity contribution in [3.8, 4) is 11.6 Å². The minimum atomic E-state index is -0.954. The Labute approximate surface area is 213 Å². The Balaban J connectivity index is 1.52. The van der Waals surface area contributed by atoms with Gasteiger partial charge in [0.1, 0.15) is 11.6 Å². The molecule has 8 nitrogen and oxygen atoms in total. The fourth-order valence-electron chi connectivity index (χ4n) is 4.55. The molecule has 2 heterocycles. The van der Waals surface area contributed by atoms with Crippen molar-refractivity contribution in [1.82, 2.24) is 15.2 Å². The standard InChI is InChI=1S/C28H27FN4O4/c29-22-6-9-27(24(17-22)26(34)18-32-12-10-30-11-13-32)37-28-21(14-19-4-2-1-3-5-19)15-20-16-23(33(35)36)7-8-25(20)31-28/h1-9,15-17,26,30,34H,10-14,18H2. The van der Waals surface area contributed by atoms with Gasteiger partial charge in [0, 0.05) is 67.8 Å². The fraction of sp³-hybridized carbons (Fsp3) is 0.250. The van der Waals surface area contributed by atoms with Crippen LogP contribution in [-0.2, 0) is 6.42 Å². The van der Waals surface area contributed by atoms with Crippen molar-refractivity contribution in [1.29, 1.82) is 0 Å². The van der Waals surface area contributed by atoms with Crippen LogP contribution in [-0.4, -0.2) is 52.6 Å². The highest BCUT2D eigenvalue weighted by atomic mass is 19.1. The van der Waals surface area contributed by atoms with Gasteiger partial charge in [-0.3, -0.25) is 15.0 Å². The van der Waals surface area contributed by atoms with Crippen molar-refractivity contribution in [3.05, 3.63) is 105 Å². The van der Waals surface area contributed by atoms with Gasteiger partial charge in [0.2, 0.25) is 5.88 Å². The Kier molecular flexibility index (Phi) is 7.36. The Morgan fingerprint density at radius 1 is 1.08 bits per heavy atom. The number of hydrogen-bond donors (Lipinski definition) is 2. The maximum Gasteiger partial charge on any atom is 0.270 e. The first-order chi connectivity index (χ1) is 18.0. The van der Waals surface area contributed by atoms with Crippen molar-refractivity contribution in [2.45, 2.75) is 12.5 Å². The summed E-state index contributed by atoms with van der Waals surface area (Å²) in [5, 5.41) is 26.2. The zero-order chi connectivity index (χ0) is 25.8. The SMILES string of the molecule is O=[N+]([O-])c1ccc2nc(Oc3ccc(F)cc3C(O)CN3CCNCC3)c(Cc3ccccc3)cc2c1. The van der Waals surface area contributed by atoms with E-state index in [9.17, 15) is 19.6 Å². The number of nitrogens with zero attached hydrogens (tertiary/aromatic N) is 3. The van der Waals surface area contributed by atoms with Crippen LogP contribution in [0.25, 0.3) is 10.9 Å². The fourth-order valence-corrected chi connectivity index (χ4v) is 4.55. The summed E-state index contributed by atoms with van der Waals surface area (Å²) in [6.45, 7) is 3.61. The molecular weight excluding hydrogens is 475 g/mol. The Morgan fingerprint density at radius 3 is 2.62 bits per heavy atom. The van der Waals surface area contributed by atoms with Crippen LogP contribution in [0.1, 0.15) is 22.8 Å². The van der Waals surface area contributed by atoms with Crippen LogP contribution in [0.15, 0.2) is 72.8 Å². The lowest BCUT2D eigenvalue weighted by molar-refractivity contribution is -0.384. The molecule has 5 rings (SSSR count). The van der Waals surface area contributed by atoms with Crippen molar-refractivity contribution in [2.24, 2.45) is 0 Å². The van der Waals surface area contributed by atoms with Gasteiger partial charge in [0.15, 0.2) is 0 Å². The quantitative estimate of drug-likeness (QED) is 0.268. The van der Waals surface area contributed by atoms with Crippen molar-refractivity contribution in [3.63, 3.8) is 0 Å². The molecule has 1 aliphatic heterocycles. The second-order valence-electron chi connectivity index (χ2n) is 9.10. The lowest BCUT2D eigenvalue weighted by atomic mass is 10.0. The summed E-state index contributed by atoms with van der Waals surface area (Å²) in [6, 6.07) is 20.1. The summed E-state index contributed by atoms with van der Waals surface area (Å²) >= 11 is 0. The number of pyridine rings is 1. The lowest BCUT2D eigenvalue weighted by Gasteiger charge is -2.29. The van der Waals surface area contributed by atoms with Crippen molar-refractivity contribution < 1.29 is 19.2 Å². The maximum atomic E-state index is 14.2. The van der Waals surface area contributed by atoms with Crippen molar-refractivity contribution in [2.75, 3.05) is 32.7 Å². The molecule has 0 bridgehead atoms. The molecule has 1 fully saturated rings. The molecular formula is C28H27FN4O4. The van der Waals surface area contributed by atoms with Crippen LogP contribution < -0.4 is 10.1 Å². The van der Waals surface area contributed by atoms with E-state index in [2.05, 4.69) is 15.2 Å². The summed E-state index contributed by atoms with van der Waals surface area (Å²) in [5.41, 5.74) is 2.57. The monoisotopic (exact) mass is 502 g/mol. The largest absolute Gasteiger partial charge is 0.438 e. The predicted octanol–water partition coefficient (Wildman–Crippen LogP) is 4.60. The van der Waals surface area contributed by atoms with Gasteiger partial charge in [-0.15, -0.1) is 0 Å². The average molecular weight is 503 g/mol. The lowest BCUT2D eigenvalue weighted by Crippen LogP contribution is -2.45. The van der Waals surface area contributed by atoms with E-state index in [1.54, 1.807) is 6.07 Å². The summed E-state index contributed by atoms with van der Waals surface area (Å²) < 4.78 is 20.5. The van der Waals surface area contributed by atoms with Gasteiger partial charge >= 0.3 is 0 Å². The number of nitro groups is 1. The smallest absolute Gasteiger partial charge is 0.270 e. The van der Waals surface area contributed by atoms with E-state index in [0.29, 0.717) is 46.6 Å². The molecule has 1 unspecified atom stereocenters. The van der Waals surface area contributed by atoms with Gasteiger partial charge in [-0.2, -0.15) is 0 Å². The Bertz CT molecular complexity index is 1410. The van der Waals surface area contributed by atoms with E-state index in [-0.39, 0.29) is 5.69 Å². The first-order valence-corrected chi connectivity index (χ1v) is 12.2. The molecule has 2 N–H and O–H groups in total. The highest BCUT2D eigenvalue weighted by Gasteiger charge is 2.21. The maximum absolute atomic E-state index is 14.2. The third kappa shape index (κ3) is 5.91. The number of β-amino-alcohol motifs (C(OH)–C–C–N with tert-alkyl or cyclic N) is 1. The summed E-state index contributed by atoms with van der Waals surface area (Å²) in [6.07, 6.45) is -0.480. The number of nitro benzene ring substituents is 1. The van der Waals surface area contributed by atoms with E-state index in [1.165, 1.54) is 30.3 Å². The molecule has 9 heteroatoms. The van der Waals surface area contributed by atoms with Gasteiger partial charge < -0.3 is 15.2 Å². The molecule has 0 radical (unpaired) electrons. The molecule has 1 aromatic heterocycles. The van der Waals surface area contributed by atoms with Gasteiger partial charge in [-0.25, -0.2) is 9.37 Å². The number of aliphatic hydroxyl groups excluding tert-OH is 1. The number of aromatic nitrogens is 1. The number of hydrogen-bond acceptors (Lipinski definition) is 7. The molecule has 0 aliphatic carbocycles. The zero-order valence-electron chi connectivity index (χ0n) is 20.1. The molecule has 1 saturated heterocycles. The second kappa shape index (κ2) is 11.0. The Hall–Kier alpha value is -3.92. The van der Waals surface area contributed by atoms with Crippen LogP contribution in [0, 0.1) is 15.9 Å². The molecule has 190 valence electrons. The number of ether oxygens (including phenoxy) is 1. The molecule has 1 aliphatic rings. The van der Waals surface area contributed by atoms with Crippen LogP contribution in [0.4, 0.5) is 10.1 Å². The molecule has 0 saturated carbocycles.